The van der Waals surface area contributed by atoms with Gasteiger partial charge in [-0.15, -0.1) is 0 Å². The van der Waals surface area contributed by atoms with E-state index in [-0.39, 0.29) is 41.0 Å². The van der Waals surface area contributed by atoms with Gasteiger partial charge in [-0.3, -0.25) is 28.8 Å². The Balaban J connectivity index is 2.21. The predicted octanol–water partition coefficient (Wildman–Crippen LogP) is 3.51. The largest absolute Gasteiger partial charge is 0.426 e. The van der Waals surface area contributed by atoms with Gasteiger partial charge in [0.1, 0.15) is 53.9 Å². The Morgan fingerprint density at radius 3 is 1.31 bits per heavy atom. The van der Waals surface area contributed by atoms with E-state index >= 15 is 0 Å². The number of benzene rings is 2. The van der Waals surface area contributed by atoms with E-state index < -0.39 is 30.7 Å². The average Bonchev–Trinajstić information content (AvgIpc) is 2.71. The molecule has 0 fully saturated rings. The van der Waals surface area contributed by atoms with Crippen molar-refractivity contribution < 1.29 is 43.0 Å². The zero-order chi connectivity index (χ0) is 26.0. The van der Waals surface area contributed by atoms with Gasteiger partial charge < -0.3 is 14.2 Å². The second-order valence-electron chi connectivity index (χ2n) is 7.70. The molecule has 0 aromatic heterocycles. The first-order valence-corrected chi connectivity index (χ1v) is 10.5. The smallest absolute Gasteiger partial charge is 0.318 e. The van der Waals surface area contributed by atoms with Crippen molar-refractivity contribution in [1.29, 1.82) is 0 Å². The topological polar surface area (TPSA) is 130 Å². The fraction of sp³-hybridized carbons (Fsp3) is 0.231. The molecule has 2 rings (SSSR count). The number of carbonyl (C=O) groups excluding carboxylic acids is 6. The van der Waals surface area contributed by atoms with E-state index in [0.717, 1.165) is 5.56 Å². The summed E-state index contributed by atoms with van der Waals surface area (Å²) in [7, 11) is 0. The number of hydrogen-bond donors (Lipinski definition) is 0. The van der Waals surface area contributed by atoms with Crippen LogP contribution in [0.5, 0.6) is 17.2 Å². The quantitative estimate of drug-likeness (QED) is 0.205. The zero-order valence-electron chi connectivity index (χ0n) is 19.5. The summed E-state index contributed by atoms with van der Waals surface area (Å²) in [5.74, 6) is -2.83. The Kier molecular flexibility index (Phi) is 9.77. The molecule has 0 aliphatic rings. The molecular weight excluding hydrogens is 456 g/mol. The summed E-state index contributed by atoms with van der Waals surface area (Å²) in [6.45, 7) is 3.81. The van der Waals surface area contributed by atoms with Crippen molar-refractivity contribution in [2.24, 2.45) is 0 Å². The van der Waals surface area contributed by atoms with Gasteiger partial charge in [0.25, 0.3) is 0 Å². The van der Waals surface area contributed by atoms with Crippen LogP contribution in [0.3, 0.4) is 0 Å². The van der Waals surface area contributed by atoms with E-state index in [1.807, 2.05) is 0 Å². The van der Waals surface area contributed by atoms with Crippen LogP contribution in [-0.4, -0.2) is 35.3 Å². The van der Waals surface area contributed by atoms with Crippen LogP contribution in [-0.2, 0) is 28.8 Å². The normalized spacial score (nSPS) is 10.5. The highest BCUT2D eigenvalue weighted by molar-refractivity contribution is 5.96. The molecule has 2 aromatic rings. The molecule has 0 aliphatic heterocycles. The summed E-state index contributed by atoms with van der Waals surface area (Å²) >= 11 is 0. The van der Waals surface area contributed by atoms with Crippen LogP contribution in [0.15, 0.2) is 42.5 Å². The van der Waals surface area contributed by atoms with Crippen molar-refractivity contribution in [2.45, 2.75) is 40.0 Å². The fourth-order valence-corrected chi connectivity index (χ4v) is 2.76. The summed E-state index contributed by atoms with van der Waals surface area (Å²) in [5, 5.41) is 0. The van der Waals surface area contributed by atoms with Crippen LogP contribution in [0, 0.1) is 0 Å². The minimum absolute atomic E-state index is 0.0526. The maximum atomic E-state index is 11.9. The Bertz CT molecular complexity index is 1130. The number of rotatable bonds is 11. The highest BCUT2D eigenvalue weighted by Crippen LogP contribution is 2.26. The predicted molar refractivity (Wildman–Crippen MR) is 125 cm³/mol. The monoisotopic (exact) mass is 480 g/mol. The Labute approximate surface area is 201 Å². The Morgan fingerprint density at radius 2 is 0.914 bits per heavy atom. The van der Waals surface area contributed by atoms with Crippen molar-refractivity contribution in [2.75, 3.05) is 0 Å². The molecule has 0 saturated heterocycles. The van der Waals surface area contributed by atoms with Crippen molar-refractivity contribution in [1.82, 2.24) is 0 Å². The second-order valence-corrected chi connectivity index (χ2v) is 7.70. The van der Waals surface area contributed by atoms with Crippen LogP contribution in [0.2, 0.25) is 0 Å². The number of ketones is 3. The summed E-state index contributed by atoms with van der Waals surface area (Å²) < 4.78 is 15.4. The number of Topliss-reactive ketones (excluding diaryl/α,β-unsaturated/α-hetero) is 3. The molecule has 0 atom stereocenters. The standard InChI is InChI=1S/C26H24O9/c1-16(27)10-24(30)33-21-8-6-19(7-9-21)4-5-20-13-22(34-25(31)11-17(2)28)15-23(14-20)35-26(32)12-18(3)29/h4-9,13-15H,10-12H2,1-3H3/b5-4+. The van der Waals surface area contributed by atoms with Crippen molar-refractivity contribution in [3.63, 3.8) is 0 Å². The van der Waals surface area contributed by atoms with Gasteiger partial charge in [-0.1, -0.05) is 24.3 Å². The van der Waals surface area contributed by atoms with E-state index in [9.17, 15) is 28.8 Å². The van der Waals surface area contributed by atoms with Gasteiger partial charge in [0.2, 0.25) is 0 Å². The van der Waals surface area contributed by atoms with Gasteiger partial charge in [0.05, 0.1) is 0 Å². The molecule has 2 aromatic carbocycles. The molecule has 0 heterocycles. The molecular formula is C26H24O9. The number of esters is 3. The minimum atomic E-state index is -0.769. The molecule has 0 unspecified atom stereocenters. The number of hydrogen-bond acceptors (Lipinski definition) is 9. The van der Waals surface area contributed by atoms with Crippen molar-refractivity contribution in [3.8, 4) is 17.2 Å². The van der Waals surface area contributed by atoms with Crippen LogP contribution < -0.4 is 14.2 Å². The number of carbonyl (C=O) groups is 6. The van der Waals surface area contributed by atoms with Crippen LogP contribution in [0.4, 0.5) is 0 Å². The highest BCUT2D eigenvalue weighted by atomic mass is 16.5. The Morgan fingerprint density at radius 1 is 0.543 bits per heavy atom. The van der Waals surface area contributed by atoms with Crippen LogP contribution in [0.25, 0.3) is 12.2 Å². The average molecular weight is 480 g/mol. The maximum absolute atomic E-state index is 11.9. The zero-order valence-corrected chi connectivity index (χ0v) is 19.5. The SMILES string of the molecule is CC(=O)CC(=O)Oc1ccc(/C=C/c2cc(OC(=O)CC(C)=O)cc(OC(=O)CC(C)=O)c2)cc1. The van der Waals surface area contributed by atoms with Gasteiger partial charge in [0.15, 0.2) is 0 Å². The first-order valence-electron chi connectivity index (χ1n) is 10.5. The molecule has 0 bridgehead atoms. The lowest BCUT2D eigenvalue weighted by Crippen LogP contribution is -2.13. The lowest BCUT2D eigenvalue weighted by atomic mass is 10.1. The van der Waals surface area contributed by atoms with Gasteiger partial charge >= 0.3 is 17.9 Å². The van der Waals surface area contributed by atoms with E-state index in [4.69, 9.17) is 14.2 Å². The minimum Gasteiger partial charge on any atom is -0.426 e. The molecule has 182 valence electrons. The molecule has 0 N–H and O–H groups in total. The first-order chi connectivity index (χ1) is 16.5. The lowest BCUT2D eigenvalue weighted by Gasteiger charge is -2.09. The first kappa shape index (κ1) is 26.8. The van der Waals surface area contributed by atoms with Crippen LogP contribution >= 0.6 is 0 Å². The molecule has 0 spiro atoms. The molecule has 9 heteroatoms. The highest BCUT2D eigenvalue weighted by Gasteiger charge is 2.13. The summed E-state index contributed by atoms with van der Waals surface area (Å²) in [6.07, 6.45) is 2.22. The molecule has 0 radical (unpaired) electrons. The third-order valence-electron chi connectivity index (χ3n) is 4.13. The molecule has 9 nitrogen and oxygen atoms in total. The van der Waals surface area contributed by atoms with Gasteiger partial charge in [0, 0.05) is 6.07 Å². The van der Waals surface area contributed by atoms with Crippen molar-refractivity contribution in [3.05, 3.63) is 53.6 Å². The van der Waals surface area contributed by atoms with Gasteiger partial charge in [-0.25, -0.2) is 0 Å². The van der Waals surface area contributed by atoms with Gasteiger partial charge in [-0.05, 0) is 56.2 Å². The van der Waals surface area contributed by atoms with Crippen molar-refractivity contribution >= 4 is 47.4 Å². The Hall–Kier alpha value is -4.40. The third-order valence-corrected chi connectivity index (χ3v) is 4.13. The van der Waals surface area contributed by atoms with Crippen LogP contribution in [0.1, 0.15) is 51.2 Å². The summed E-state index contributed by atoms with van der Waals surface area (Å²) in [6, 6.07) is 10.8. The molecule has 0 saturated carbocycles. The third kappa shape index (κ3) is 10.4. The van der Waals surface area contributed by atoms with Gasteiger partial charge in [-0.2, -0.15) is 0 Å². The maximum Gasteiger partial charge on any atom is 0.318 e. The lowest BCUT2D eigenvalue weighted by molar-refractivity contribution is -0.139. The fourth-order valence-electron chi connectivity index (χ4n) is 2.76. The van der Waals surface area contributed by atoms with E-state index in [1.54, 1.807) is 36.4 Å². The van der Waals surface area contributed by atoms with E-state index in [0.29, 0.717) is 5.56 Å². The summed E-state index contributed by atoms with van der Waals surface area (Å²) in [4.78, 5) is 68.7. The van der Waals surface area contributed by atoms with E-state index in [1.165, 1.54) is 39.0 Å². The number of ether oxygens (including phenoxy) is 3. The molecule has 0 amide bonds. The molecule has 35 heavy (non-hydrogen) atoms. The second kappa shape index (κ2) is 12.7. The molecule has 0 aliphatic carbocycles. The van der Waals surface area contributed by atoms with E-state index in [2.05, 4.69) is 0 Å². The summed E-state index contributed by atoms with van der Waals surface area (Å²) in [5.41, 5.74) is 1.23.